The van der Waals surface area contributed by atoms with Crippen LogP contribution in [0.2, 0.25) is 0 Å². The minimum absolute atomic E-state index is 0.670. The van der Waals surface area contributed by atoms with Gasteiger partial charge in [0.25, 0.3) is 0 Å². The molecule has 0 aromatic carbocycles. The number of thiophene rings is 1. The van der Waals surface area contributed by atoms with Crippen LogP contribution in [-0.2, 0) is 6.54 Å². The second-order valence-electron chi connectivity index (χ2n) is 4.48. The quantitative estimate of drug-likeness (QED) is 0.780. The maximum Gasteiger partial charge on any atom is 0.226 e. The molecule has 3 aromatic heterocycles. The summed E-state index contributed by atoms with van der Waals surface area (Å²) in [6.45, 7) is 3.52. The van der Waals surface area contributed by atoms with Gasteiger partial charge in [0.15, 0.2) is 0 Å². The Hall–Kier alpha value is -2.08. The van der Waals surface area contributed by atoms with Gasteiger partial charge < -0.3 is 14.6 Å². The van der Waals surface area contributed by atoms with Crippen LogP contribution < -0.4 is 10.2 Å². The standard InChI is InChI=1S/C14H16N4OS/c1-3-15-14-16-12(11-6-8-20-13(11)17-14)18(2)9-10-5-4-7-19-10/h4-8H,3,9H2,1-2H3,(H,15,16,17). The third-order valence-electron chi connectivity index (χ3n) is 2.97. The fourth-order valence-electron chi connectivity index (χ4n) is 2.08. The SMILES string of the molecule is CCNc1nc(N(C)Cc2ccco2)c2ccsc2n1. The van der Waals surface area contributed by atoms with Gasteiger partial charge in [-0.05, 0) is 30.5 Å². The van der Waals surface area contributed by atoms with Gasteiger partial charge >= 0.3 is 0 Å². The Kier molecular flexibility index (Phi) is 3.56. The van der Waals surface area contributed by atoms with E-state index in [1.807, 2.05) is 31.5 Å². The van der Waals surface area contributed by atoms with Gasteiger partial charge in [-0.1, -0.05) is 0 Å². The molecule has 6 heteroatoms. The molecule has 104 valence electrons. The third kappa shape index (κ3) is 2.46. The Labute approximate surface area is 121 Å². The lowest BCUT2D eigenvalue weighted by atomic mass is 10.3. The van der Waals surface area contributed by atoms with Crippen molar-refractivity contribution in [2.45, 2.75) is 13.5 Å². The Morgan fingerprint density at radius 3 is 3.00 bits per heavy atom. The maximum atomic E-state index is 5.40. The zero-order valence-corrected chi connectivity index (χ0v) is 12.3. The van der Waals surface area contributed by atoms with Crippen molar-refractivity contribution < 1.29 is 4.42 Å². The third-order valence-corrected chi connectivity index (χ3v) is 3.78. The van der Waals surface area contributed by atoms with Crippen LogP contribution in [0.1, 0.15) is 12.7 Å². The molecule has 0 unspecified atom stereocenters. The molecular formula is C14H16N4OS. The molecule has 0 spiro atoms. The molecule has 3 rings (SSSR count). The second-order valence-corrected chi connectivity index (χ2v) is 5.37. The number of hydrogen-bond acceptors (Lipinski definition) is 6. The van der Waals surface area contributed by atoms with Crippen molar-refractivity contribution in [2.75, 3.05) is 23.8 Å². The zero-order chi connectivity index (χ0) is 13.9. The average molecular weight is 288 g/mol. The Morgan fingerprint density at radius 1 is 1.35 bits per heavy atom. The molecule has 20 heavy (non-hydrogen) atoms. The van der Waals surface area contributed by atoms with E-state index in [1.54, 1.807) is 17.6 Å². The van der Waals surface area contributed by atoms with Crippen LogP contribution in [0.15, 0.2) is 34.3 Å². The van der Waals surface area contributed by atoms with E-state index in [9.17, 15) is 0 Å². The summed E-state index contributed by atoms with van der Waals surface area (Å²) in [6, 6.07) is 5.92. The molecule has 1 N–H and O–H groups in total. The minimum atomic E-state index is 0.670. The summed E-state index contributed by atoms with van der Waals surface area (Å²) in [5.74, 6) is 2.51. The normalized spacial score (nSPS) is 10.9. The van der Waals surface area contributed by atoms with Gasteiger partial charge in [0.05, 0.1) is 18.2 Å². The summed E-state index contributed by atoms with van der Waals surface area (Å²) in [7, 11) is 2.01. The number of aromatic nitrogens is 2. The van der Waals surface area contributed by atoms with Gasteiger partial charge in [-0.3, -0.25) is 0 Å². The van der Waals surface area contributed by atoms with Crippen LogP contribution >= 0.6 is 11.3 Å². The molecule has 3 aromatic rings. The van der Waals surface area contributed by atoms with Gasteiger partial charge in [-0.15, -0.1) is 11.3 Å². The lowest BCUT2D eigenvalue weighted by molar-refractivity contribution is 0.507. The Bertz CT molecular complexity index is 692. The van der Waals surface area contributed by atoms with Gasteiger partial charge in [-0.2, -0.15) is 4.98 Å². The van der Waals surface area contributed by atoms with Gasteiger partial charge in [0, 0.05) is 13.6 Å². The minimum Gasteiger partial charge on any atom is -0.467 e. The number of rotatable bonds is 5. The van der Waals surface area contributed by atoms with Crippen LogP contribution in [0.25, 0.3) is 10.2 Å². The molecule has 0 aliphatic carbocycles. The van der Waals surface area contributed by atoms with E-state index in [0.29, 0.717) is 12.5 Å². The first-order valence-corrected chi connectivity index (χ1v) is 7.38. The summed E-state index contributed by atoms with van der Waals surface area (Å²) in [5.41, 5.74) is 0. The summed E-state index contributed by atoms with van der Waals surface area (Å²) in [6.07, 6.45) is 1.69. The second kappa shape index (κ2) is 5.50. The van der Waals surface area contributed by atoms with Crippen molar-refractivity contribution in [2.24, 2.45) is 0 Å². The highest BCUT2D eigenvalue weighted by Crippen LogP contribution is 2.29. The summed E-state index contributed by atoms with van der Waals surface area (Å²) < 4.78 is 5.40. The van der Waals surface area contributed by atoms with Crippen LogP contribution in [0.5, 0.6) is 0 Å². The number of fused-ring (bicyclic) bond motifs is 1. The molecule has 5 nitrogen and oxygen atoms in total. The first-order chi connectivity index (χ1) is 9.78. The monoisotopic (exact) mass is 288 g/mol. The van der Waals surface area contributed by atoms with E-state index in [2.05, 4.69) is 26.3 Å². The number of anilines is 2. The number of nitrogens with zero attached hydrogens (tertiary/aromatic N) is 3. The first kappa shape index (κ1) is 12.9. The van der Waals surface area contributed by atoms with Crippen molar-refractivity contribution >= 4 is 33.3 Å². The van der Waals surface area contributed by atoms with Crippen molar-refractivity contribution in [3.8, 4) is 0 Å². The largest absolute Gasteiger partial charge is 0.467 e. The van der Waals surface area contributed by atoms with Gasteiger partial charge in [-0.25, -0.2) is 4.98 Å². The topological polar surface area (TPSA) is 54.2 Å². The molecule has 0 fully saturated rings. The van der Waals surface area contributed by atoms with Crippen LogP contribution in [-0.4, -0.2) is 23.6 Å². The molecule has 0 atom stereocenters. The number of hydrogen-bond donors (Lipinski definition) is 1. The van der Waals surface area contributed by atoms with Crippen molar-refractivity contribution in [3.05, 3.63) is 35.6 Å². The van der Waals surface area contributed by atoms with Crippen LogP contribution in [0.4, 0.5) is 11.8 Å². The van der Waals surface area contributed by atoms with Crippen molar-refractivity contribution in [1.82, 2.24) is 9.97 Å². The highest BCUT2D eigenvalue weighted by Gasteiger charge is 2.13. The first-order valence-electron chi connectivity index (χ1n) is 6.50. The molecule has 3 heterocycles. The fraction of sp³-hybridized carbons (Fsp3) is 0.286. The molecule has 0 saturated heterocycles. The predicted molar refractivity (Wildman–Crippen MR) is 82.4 cm³/mol. The van der Waals surface area contributed by atoms with E-state index >= 15 is 0 Å². The molecule has 0 aliphatic heterocycles. The number of furan rings is 1. The van der Waals surface area contributed by atoms with Gasteiger partial charge in [0.2, 0.25) is 5.95 Å². The fourth-order valence-corrected chi connectivity index (χ4v) is 2.84. The molecular weight excluding hydrogens is 272 g/mol. The molecule has 0 radical (unpaired) electrons. The van der Waals surface area contributed by atoms with E-state index in [1.165, 1.54) is 0 Å². The highest BCUT2D eigenvalue weighted by molar-refractivity contribution is 7.16. The van der Waals surface area contributed by atoms with E-state index in [-0.39, 0.29) is 0 Å². The summed E-state index contributed by atoms with van der Waals surface area (Å²) >= 11 is 1.63. The molecule has 0 aliphatic rings. The lowest BCUT2D eigenvalue weighted by Crippen LogP contribution is -2.18. The predicted octanol–water partition coefficient (Wildman–Crippen LogP) is 3.35. The number of nitrogens with one attached hydrogen (secondary N) is 1. The maximum absolute atomic E-state index is 5.40. The molecule has 0 saturated carbocycles. The van der Waals surface area contributed by atoms with Gasteiger partial charge in [0.1, 0.15) is 16.4 Å². The van der Waals surface area contributed by atoms with Crippen molar-refractivity contribution in [3.63, 3.8) is 0 Å². The van der Waals surface area contributed by atoms with Crippen molar-refractivity contribution in [1.29, 1.82) is 0 Å². The van der Waals surface area contributed by atoms with E-state index < -0.39 is 0 Å². The lowest BCUT2D eigenvalue weighted by Gasteiger charge is -2.18. The van der Waals surface area contributed by atoms with E-state index in [4.69, 9.17) is 4.42 Å². The Morgan fingerprint density at radius 2 is 2.25 bits per heavy atom. The van der Waals surface area contributed by atoms with E-state index in [0.717, 1.165) is 28.3 Å². The van der Waals surface area contributed by atoms with Crippen LogP contribution in [0, 0.1) is 0 Å². The summed E-state index contributed by atoms with van der Waals surface area (Å²) in [5, 5.41) is 6.29. The zero-order valence-electron chi connectivity index (χ0n) is 11.5. The highest BCUT2D eigenvalue weighted by atomic mass is 32.1. The van der Waals surface area contributed by atoms with Crippen LogP contribution in [0.3, 0.4) is 0 Å². The Balaban J connectivity index is 1.97. The molecule has 0 amide bonds. The smallest absolute Gasteiger partial charge is 0.226 e. The molecule has 0 bridgehead atoms. The average Bonchev–Trinajstić information content (AvgIpc) is 3.08. The summed E-state index contributed by atoms with van der Waals surface area (Å²) in [4.78, 5) is 12.2.